The molecule has 9 heteroatoms. The number of rotatable bonds is 5. The normalized spacial score (nSPS) is 29.9. The number of ether oxygens (including phenoxy) is 2. The first-order valence-corrected chi connectivity index (χ1v) is 9.93. The van der Waals surface area contributed by atoms with E-state index in [-0.39, 0.29) is 12.1 Å². The molecule has 162 valence electrons. The van der Waals surface area contributed by atoms with Crippen LogP contribution >= 0.6 is 0 Å². The summed E-state index contributed by atoms with van der Waals surface area (Å²) >= 11 is 0. The lowest BCUT2D eigenvalue weighted by molar-refractivity contribution is -0.258. The number of hydrogen-bond acceptors (Lipinski definition) is 8. The van der Waals surface area contributed by atoms with E-state index >= 15 is 0 Å². The second-order valence-corrected chi connectivity index (χ2v) is 7.48. The minimum absolute atomic E-state index is 0.103. The second kappa shape index (κ2) is 10.0. The molecule has 0 saturated carbocycles. The van der Waals surface area contributed by atoms with Gasteiger partial charge < -0.3 is 35.0 Å². The lowest BCUT2D eigenvalue weighted by atomic mass is 9.92. The molecule has 2 aliphatic heterocycles. The van der Waals surface area contributed by atoms with Gasteiger partial charge in [-0.05, 0) is 23.8 Å². The Kier molecular flexibility index (Phi) is 7.42. The number of carbonyl (C=O) groups excluding carboxylic acids is 1. The number of anilines is 1. The number of amides is 1. The Labute approximate surface area is 175 Å². The molecule has 4 N–H and O–H groups in total. The van der Waals surface area contributed by atoms with E-state index in [0.29, 0.717) is 18.8 Å². The third-order valence-corrected chi connectivity index (χ3v) is 5.44. The zero-order valence-corrected chi connectivity index (χ0v) is 16.8. The summed E-state index contributed by atoms with van der Waals surface area (Å²) in [5.74, 6) is -1.28. The standard InChI is InChI=1S/C21H27N3O6/c1-13-18(25)19(26)17(30-21(13)28)12-23-20(27)15(11-22)10-14-2-4-16(5-3-14)24-6-8-29-9-7-24/h2-5,10,13,17-19,21,25-26,28H,6-9,12H2,1H3,(H,23,27)/b15-10+/t13-,17-,18-,19-,21?/m1/s1. The van der Waals surface area contributed by atoms with E-state index in [1.54, 1.807) is 6.92 Å². The van der Waals surface area contributed by atoms with Crippen molar-refractivity contribution in [2.45, 2.75) is 31.5 Å². The van der Waals surface area contributed by atoms with Gasteiger partial charge in [-0.2, -0.15) is 5.26 Å². The molecule has 0 aliphatic carbocycles. The minimum Gasteiger partial charge on any atom is -0.390 e. The van der Waals surface area contributed by atoms with E-state index in [0.717, 1.165) is 18.8 Å². The van der Waals surface area contributed by atoms with E-state index in [1.165, 1.54) is 6.08 Å². The van der Waals surface area contributed by atoms with E-state index < -0.39 is 36.4 Å². The second-order valence-electron chi connectivity index (χ2n) is 7.48. The summed E-state index contributed by atoms with van der Waals surface area (Å²) in [6.45, 7) is 4.40. The van der Waals surface area contributed by atoms with E-state index in [1.807, 2.05) is 30.3 Å². The lowest BCUT2D eigenvalue weighted by Crippen LogP contribution is -2.56. The molecule has 2 aliphatic rings. The number of nitrogens with one attached hydrogen (secondary N) is 1. The molecule has 2 heterocycles. The molecule has 1 aromatic carbocycles. The Balaban J connectivity index is 1.60. The molecular formula is C21H27N3O6. The summed E-state index contributed by atoms with van der Waals surface area (Å²) in [5, 5.41) is 41.7. The summed E-state index contributed by atoms with van der Waals surface area (Å²) in [6.07, 6.45) is -3.19. The van der Waals surface area contributed by atoms with Crippen LogP contribution in [0.15, 0.2) is 29.8 Å². The highest BCUT2D eigenvalue weighted by atomic mass is 16.6. The third kappa shape index (κ3) is 5.16. The van der Waals surface area contributed by atoms with Gasteiger partial charge in [0.05, 0.1) is 19.3 Å². The van der Waals surface area contributed by atoms with Gasteiger partial charge in [0, 0.05) is 31.2 Å². The van der Waals surface area contributed by atoms with Crippen molar-refractivity contribution in [1.29, 1.82) is 5.26 Å². The molecule has 3 rings (SSSR count). The molecule has 1 unspecified atom stereocenters. The van der Waals surface area contributed by atoms with Crippen molar-refractivity contribution in [3.05, 3.63) is 35.4 Å². The average molecular weight is 417 g/mol. The van der Waals surface area contributed by atoms with Crippen LogP contribution in [-0.4, -0.2) is 78.7 Å². The fraction of sp³-hybridized carbons (Fsp3) is 0.524. The average Bonchev–Trinajstić information content (AvgIpc) is 2.78. The Morgan fingerprint density at radius 3 is 2.53 bits per heavy atom. The van der Waals surface area contributed by atoms with Crippen molar-refractivity contribution in [3.63, 3.8) is 0 Å². The molecule has 1 aromatic rings. The van der Waals surface area contributed by atoms with E-state index in [4.69, 9.17) is 9.47 Å². The third-order valence-electron chi connectivity index (χ3n) is 5.44. The molecule has 2 fully saturated rings. The van der Waals surface area contributed by atoms with Gasteiger partial charge in [-0.1, -0.05) is 19.1 Å². The van der Waals surface area contributed by atoms with Crippen molar-refractivity contribution in [3.8, 4) is 6.07 Å². The fourth-order valence-corrected chi connectivity index (χ4v) is 3.46. The Morgan fingerprint density at radius 1 is 1.23 bits per heavy atom. The SMILES string of the molecule is C[C@H]1C(O)O[C@H](CNC(=O)/C(C#N)=C/c2ccc(N3CCOCC3)cc2)[C@@H](O)[C@@H]1O. The Morgan fingerprint density at radius 2 is 1.90 bits per heavy atom. The van der Waals surface area contributed by atoms with Gasteiger partial charge in [0.25, 0.3) is 5.91 Å². The van der Waals surface area contributed by atoms with Crippen LogP contribution in [0.25, 0.3) is 6.08 Å². The first-order chi connectivity index (χ1) is 14.4. The van der Waals surface area contributed by atoms with Gasteiger partial charge in [-0.15, -0.1) is 0 Å². The number of carbonyl (C=O) groups is 1. The quantitative estimate of drug-likeness (QED) is 0.376. The van der Waals surface area contributed by atoms with Crippen LogP contribution in [0.2, 0.25) is 0 Å². The molecule has 0 radical (unpaired) electrons. The number of hydrogen-bond donors (Lipinski definition) is 4. The monoisotopic (exact) mass is 417 g/mol. The van der Waals surface area contributed by atoms with Crippen LogP contribution in [0.1, 0.15) is 12.5 Å². The largest absolute Gasteiger partial charge is 0.390 e. The van der Waals surface area contributed by atoms with Gasteiger partial charge in [-0.25, -0.2) is 0 Å². The van der Waals surface area contributed by atoms with Crippen LogP contribution in [0.4, 0.5) is 5.69 Å². The van der Waals surface area contributed by atoms with Crippen molar-refractivity contribution < 1.29 is 29.6 Å². The molecular weight excluding hydrogens is 390 g/mol. The van der Waals surface area contributed by atoms with Gasteiger partial charge >= 0.3 is 0 Å². The Bertz CT molecular complexity index is 800. The van der Waals surface area contributed by atoms with Crippen molar-refractivity contribution >= 4 is 17.7 Å². The zero-order chi connectivity index (χ0) is 21.7. The van der Waals surface area contributed by atoms with Crippen molar-refractivity contribution in [2.75, 3.05) is 37.7 Å². The van der Waals surface area contributed by atoms with E-state index in [2.05, 4.69) is 10.2 Å². The number of aliphatic hydroxyl groups is 3. The highest BCUT2D eigenvalue weighted by Crippen LogP contribution is 2.24. The van der Waals surface area contributed by atoms with Gasteiger partial charge in [0.1, 0.15) is 23.9 Å². The van der Waals surface area contributed by atoms with Crippen LogP contribution < -0.4 is 10.2 Å². The maximum atomic E-state index is 12.4. The minimum atomic E-state index is -1.26. The summed E-state index contributed by atoms with van der Waals surface area (Å²) in [4.78, 5) is 14.6. The van der Waals surface area contributed by atoms with Gasteiger partial charge in [0.2, 0.25) is 0 Å². The maximum absolute atomic E-state index is 12.4. The summed E-state index contributed by atoms with van der Waals surface area (Å²) < 4.78 is 10.6. The highest BCUT2D eigenvalue weighted by Gasteiger charge is 2.41. The first-order valence-electron chi connectivity index (χ1n) is 9.93. The Hall–Kier alpha value is -2.48. The molecule has 30 heavy (non-hydrogen) atoms. The van der Waals surface area contributed by atoms with Gasteiger partial charge in [-0.3, -0.25) is 4.79 Å². The predicted molar refractivity (Wildman–Crippen MR) is 108 cm³/mol. The predicted octanol–water partition coefficient (Wildman–Crippen LogP) is -0.379. The smallest absolute Gasteiger partial charge is 0.262 e. The molecule has 2 saturated heterocycles. The maximum Gasteiger partial charge on any atom is 0.262 e. The number of nitriles is 1. The molecule has 9 nitrogen and oxygen atoms in total. The topological polar surface area (TPSA) is 135 Å². The number of morpholine rings is 1. The van der Waals surface area contributed by atoms with E-state index in [9.17, 15) is 25.4 Å². The highest BCUT2D eigenvalue weighted by molar-refractivity contribution is 6.01. The number of aliphatic hydroxyl groups excluding tert-OH is 3. The molecule has 5 atom stereocenters. The van der Waals surface area contributed by atoms with Crippen LogP contribution in [0, 0.1) is 17.2 Å². The van der Waals surface area contributed by atoms with Gasteiger partial charge in [0.15, 0.2) is 6.29 Å². The van der Waals surface area contributed by atoms with Crippen LogP contribution in [-0.2, 0) is 14.3 Å². The lowest BCUT2D eigenvalue weighted by Gasteiger charge is -2.39. The summed E-state index contributed by atoms with van der Waals surface area (Å²) in [7, 11) is 0. The van der Waals surface area contributed by atoms with Crippen LogP contribution in [0.3, 0.4) is 0 Å². The number of nitrogens with zero attached hydrogens (tertiary/aromatic N) is 2. The van der Waals surface area contributed by atoms with Crippen molar-refractivity contribution in [1.82, 2.24) is 5.32 Å². The summed E-state index contributed by atoms with van der Waals surface area (Å²) in [5.41, 5.74) is 1.65. The fourth-order valence-electron chi connectivity index (χ4n) is 3.46. The molecule has 0 bridgehead atoms. The number of benzene rings is 1. The van der Waals surface area contributed by atoms with Crippen LogP contribution in [0.5, 0.6) is 0 Å². The first kappa shape index (κ1) is 22.2. The molecule has 0 aromatic heterocycles. The zero-order valence-electron chi connectivity index (χ0n) is 16.8. The van der Waals surface area contributed by atoms with Crippen molar-refractivity contribution in [2.24, 2.45) is 5.92 Å². The summed E-state index contributed by atoms with van der Waals surface area (Å²) in [6, 6.07) is 9.40. The molecule has 1 amide bonds. The molecule has 0 spiro atoms.